The van der Waals surface area contributed by atoms with Crippen molar-refractivity contribution in [3.8, 4) is 11.5 Å². The number of thioether (sulfide) groups is 1. The van der Waals surface area contributed by atoms with Crippen molar-refractivity contribution in [1.29, 1.82) is 0 Å². The molecular formula is C24H28N2O4S. The predicted molar refractivity (Wildman–Crippen MR) is 124 cm³/mol. The van der Waals surface area contributed by atoms with E-state index in [1.54, 1.807) is 24.9 Å². The highest BCUT2D eigenvalue weighted by atomic mass is 32.2. The number of ether oxygens (including phenoxy) is 2. The van der Waals surface area contributed by atoms with Crippen molar-refractivity contribution in [2.45, 2.75) is 38.9 Å². The monoisotopic (exact) mass is 440 g/mol. The van der Waals surface area contributed by atoms with Crippen LogP contribution in [-0.4, -0.2) is 35.3 Å². The summed E-state index contributed by atoms with van der Waals surface area (Å²) in [6.07, 6.45) is 0.612. The molecule has 2 aromatic carbocycles. The minimum Gasteiger partial charge on any atom is -0.493 e. The highest BCUT2D eigenvalue weighted by Crippen LogP contribution is 2.28. The Morgan fingerprint density at radius 2 is 1.77 bits per heavy atom. The van der Waals surface area contributed by atoms with Crippen LogP contribution in [-0.2, 0) is 17.8 Å². The number of aryl methyl sites for hydroxylation is 1. The van der Waals surface area contributed by atoms with Gasteiger partial charge in [0.05, 0.1) is 30.9 Å². The molecule has 0 aliphatic heterocycles. The number of Topliss-reactive ketones (excluding diaryl/α,β-unsaturated/α-hetero) is 1. The first-order valence-electron chi connectivity index (χ1n) is 10.1. The van der Waals surface area contributed by atoms with Crippen LogP contribution in [0.2, 0.25) is 0 Å². The van der Waals surface area contributed by atoms with E-state index >= 15 is 0 Å². The van der Waals surface area contributed by atoms with Crippen molar-refractivity contribution in [2.24, 2.45) is 5.41 Å². The van der Waals surface area contributed by atoms with E-state index in [2.05, 4.69) is 0 Å². The molecule has 0 saturated heterocycles. The number of methoxy groups -OCH3 is 2. The molecule has 0 atom stereocenters. The van der Waals surface area contributed by atoms with Gasteiger partial charge in [0.2, 0.25) is 0 Å². The molecule has 3 rings (SSSR count). The number of rotatable bonds is 8. The lowest BCUT2D eigenvalue weighted by Crippen LogP contribution is -2.26. The van der Waals surface area contributed by atoms with Gasteiger partial charge in [0.1, 0.15) is 5.78 Å². The van der Waals surface area contributed by atoms with Gasteiger partial charge in [0, 0.05) is 12.0 Å². The lowest BCUT2D eigenvalue weighted by molar-refractivity contribution is -0.123. The highest BCUT2D eigenvalue weighted by molar-refractivity contribution is 7.99. The van der Waals surface area contributed by atoms with Crippen LogP contribution in [0.3, 0.4) is 0 Å². The second-order valence-electron chi connectivity index (χ2n) is 8.27. The molecule has 0 amide bonds. The molecule has 7 heteroatoms. The Hall–Kier alpha value is -2.80. The van der Waals surface area contributed by atoms with Crippen molar-refractivity contribution in [1.82, 2.24) is 9.55 Å². The predicted octanol–water partition coefficient (Wildman–Crippen LogP) is 4.36. The lowest BCUT2D eigenvalue weighted by Gasteiger charge is -2.17. The topological polar surface area (TPSA) is 70.4 Å². The summed E-state index contributed by atoms with van der Waals surface area (Å²) in [6, 6.07) is 13.0. The minimum absolute atomic E-state index is 0.100. The first-order chi connectivity index (χ1) is 14.7. The molecule has 0 aliphatic carbocycles. The summed E-state index contributed by atoms with van der Waals surface area (Å²) in [5.74, 6) is 1.69. The maximum absolute atomic E-state index is 13.2. The zero-order valence-electron chi connectivity index (χ0n) is 18.6. The van der Waals surface area contributed by atoms with Crippen LogP contribution in [0.15, 0.2) is 52.4 Å². The first-order valence-corrected chi connectivity index (χ1v) is 11.1. The Bertz CT molecular complexity index is 1150. The van der Waals surface area contributed by atoms with Crippen LogP contribution in [0.25, 0.3) is 10.9 Å². The van der Waals surface area contributed by atoms with E-state index in [9.17, 15) is 9.59 Å². The van der Waals surface area contributed by atoms with Gasteiger partial charge in [-0.25, -0.2) is 4.98 Å². The fraction of sp³-hybridized carbons (Fsp3) is 0.375. The second kappa shape index (κ2) is 9.56. The third-order valence-electron chi connectivity index (χ3n) is 5.07. The molecule has 0 aliphatic rings. The number of para-hydroxylation sites is 1. The average molecular weight is 441 g/mol. The summed E-state index contributed by atoms with van der Waals surface area (Å²) >= 11 is 1.32. The molecule has 0 saturated carbocycles. The van der Waals surface area contributed by atoms with Crippen molar-refractivity contribution >= 4 is 28.4 Å². The third kappa shape index (κ3) is 5.28. The molecule has 0 bridgehead atoms. The van der Waals surface area contributed by atoms with Crippen LogP contribution >= 0.6 is 11.8 Å². The zero-order chi connectivity index (χ0) is 22.6. The van der Waals surface area contributed by atoms with Gasteiger partial charge in [0.15, 0.2) is 16.7 Å². The molecule has 0 unspecified atom stereocenters. The summed E-state index contributed by atoms with van der Waals surface area (Å²) in [7, 11) is 3.20. The number of carbonyl (C=O) groups excluding carboxylic acids is 1. The van der Waals surface area contributed by atoms with E-state index in [0.29, 0.717) is 40.5 Å². The maximum Gasteiger partial charge on any atom is 0.262 e. The highest BCUT2D eigenvalue weighted by Gasteiger charge is 2.22. The molecule has 0 spiro atoms. The SMILES string of the molecule is COc1ccc(CCn2c(SCC(=O)C(C)(C)C)nc3ccccc3c2=O)cc1OC. The summed E-state index contributed by atoms with van der Waals surface area (Å²) in [5.41, 5.74) is 1.12. The number of hydrogen-bond acceptors (Lipinski definition) is 6. The number of nitrogens with zero attached hydrogens (tertiary/aromatic N) is 2. The van der Waals surface area contributed by atoms with Gasteiger partial charge < -0.3 is 9.47 Å². The van der Waals surface area contributed by atoms with E-state index in [1.165, 1.54) is 11.8 Å². The quantitative estimate of drug-likeness (QED) is 0.383. The Balaban J connectivity index is 1.93. The van der Waals surface area contributed by atoms with Crippen molar-refractivity contribution in [3.05, 3.63) is 58.4 Å². The van der Waals surface area contributed by atoms with Crippen molar-refractivity contribution in [3.63, 3.8) is 0 Å². The molecule has 6 nitrogen and oxygen atoms in total. The van der Waals surface area contributed by atoms with Gasteiger partial charge in [-0.1, -0.05) is 50.7 Å². The second-order valence-corrected chi connectivity index (χ2v) is 9.21. The van der Waals surface area contributed by atoms with Gasteiger partial charge in [-0.3, -0.25) is 14.2 Å². The zero-order valence-corrected chi connectivity index (χ0v) is 19.4. The Morgan fingerprint density at radius 1 is 1.06 bits per heavy atom. The number of carbonyl (C=O) groups is 1. The molecule has 0 radical (unpaired) electrons. The molecule has 164 valence electrons. The van der Waals surface area contributed by atoms with E-state index < -0.39 is 5.41 Å². The number of aromatic nitrogens is 2. The molecular weight excluding hydrogens is 412 g/mol. The van der Waals surface area contributed by atoms with E-state index in [-0.39, 0.29) is 17.1 Å². The van der Waals surface area contributed by atoms with E-state index in [1.807, 2.05) is 57.2 Å². The van der Waals surface area contributed by atoms with E-state index in [0.717, 1.165) is 5.56 Å². The molecule has 3 aromatic rings. The molecule has 0 fully saturated rings. The first kappa shape index (κ1) is 22.9. The van der Waals surface area contributed by atoms with Crippen LogP contribution in [0.4, 0.5) is 0 Å². The standard InChI is InChI=1S/C24H28N2O4S/c1-24(2,3)21(27)15-31-23-25-18-9-7-6-8-17(18)22(28)26(23)13-12-16-10-11-19(29-4)20(14-16)30-5/h6-11,14H,12-13,15H2,1-5H3. The lowest BCUT2D eigenvalue weighted by atomic mass is 9.92. The average Bonchev–Trinajstić information content (AvgIpc) is 2.76. The van der Waals surface area contributed by atoms with Crippen molar-refractivity contribution < 1.29 is 14.3 Å². The fourth-order valence-corrected chi connectivity index (χ4v) is 4.26. The summed E-state index contributed by atoms with van der Waals surface area (Å²) in [4.78, 5) is 30.4. The molecule has 1 aromatic heterocycles. The maximum atomic E-state index is 13.2. The fourth-order valence-electron chi connectivity index (χ4n) is 3.08. The van der Waals surface area contributed by atoms with E-state index in [4.69, 9.17) is 14.5 Å². The van der Waals surface area contributed by atoms with Crippen LogP contribution in [0, 0.1) is 5.41 Å². The van der Waals surface area contributed by atoms with Crippen LogP contribution < -0.4 is 15.0 Å². The third-order valence-corrected chi connectivity index (χ3v) is 6.04. The summed E-state index contributed by atoms with van der Waals surface area (Å²) < 4.78 is 12.3. The van der Waals surface area contributed by atoms with Crippen molar-refractivity contribution in [2.75, 3.05) is 20.0 Å². The number of benzene rings is 2. The Labute approximate surface area is 186 Å². The number of ketones is 1. The molecule has 0 N–H and O–H groups in total. The number of fused-ring (bicyclic) bond motifs is 1. The van der Waals surface area contributed by atoms with Gasteiger partial charge in [-0.15, -0.1) is 0 Å². The largest absolute Gasteiger partial charge is 0.493 e. The van der Waals surface area contributed by atoms with Gasteiger partial charge in [-0.05, 0) is 36.2 Å². The minimum atomic E-state index is -0.436. The van der Waals surface area contributed by atoms with Crippen LogP contribution in [0.5, 0.6) is 11.5 Å². The van der Waals surface area contributed by atoms with Gasteiger partial charge >= 0.3 is 0 Å². The molecule has 31 heavy (non-hydrogen) atoms. The van der Waals surface area contributed by atoms with Gasteiger partial charge in [0.25, 0.3) is 5.56 Å². The number of hydrogen-bond donors (Lipinski definition) is 0. The van der Waals surface area contributed by atoms with Crippen LogP contribution in [0.1, 0.15) is 26.3 Å². The Morgan fingerprint density at radius 3 is 2.45 bits per heavy atom. The summed E-state index contributed by atoms with van der Waals surface area (Å²) in [5, 5.41) is 1.13. The Kier molecular flexibility index (Phi) is 7.05. The van der Waals surface area contributed by atoms with Gasteiger partial charge in [-0.2, -0.15) is 0 Å². The smallest absolute Gasteiger partial charge is 0.262 e. The summed E-state index contributed by atoms with van der Waals surface area (Å²) in [6.45, 7) is 6.13. The normalized spacial score (nSPS) is 11.5. The molecule has 1 heterocycles.